The molecule has 0 saturated heterocycles. The molecule has 0 spiro atoms. The SMILES string of the molecule is Cc1cc(C)n(C(C)c2nnc(Nc3ccn(Cc4cccc(F)c4F)n3)s2)n1. The lowest BCUT2D eigenvalue weighted by Gasteiger charge is -2.10. The van der Waals surface area contributed by atoms with Crippen molar-refractivity contribution < 1.29 is 8.78 Å². The summed E-state index contributed by atoms with van der Waals surface area (Å²) in [5.74, 6) is -1.18. The highest BCUT2D eigenvalue weighted by Crippen LogP contribution is 2.27. The van der Waals surface area contributed by atoms with Crippen LogP contribution in [0.15, 0.2) is 36.5 Å². The number of aryl methyl sites for hydroxylation is 2. The number of nitrogens with zero attached hydrogens (tertiary/aromatic N) is 6. The van der Waals surface area contributed by atoms with E-state index in [9.17, 15) is 8.78 Å². The van der Waals surface area contributed by atoms with Crippen LogP contribution < -0.4 is 5.32 Å². The van der Waals surface area contributed by atoms with Gasteiger partial charge in [0.15, 0.2) is 17.5 Å². The molecule has 4 rings (SSSR count). The quantitative estimate of drug-likeness (QED) is 0.510. The summed E-state index contributed by atoms with van der Waals surface area (Å²) in [7, 11) is 0. The summed E-state index contributed by atoms with van der Waals surface area (Å²) in [6.07, 6.45) is 1.69. The summed E-state index contributed by atoms with van der Waals surface area (Å²) in [6.45, 7) is 6.10. The Hall–Kier alpha value is -3.14. The van der Waals surface area contributed by atoms with Gasteiger partial charge in [-0.25, -0.2) is 8.78 Å². The van der Waals surface area contributed by atoms with E-state index in [1.165, 1.54) is 28.2 Å². The van der Waals surface area contributed by atoms with Crippen molar-refractivity contribution in [3.8, 4) is 0 Å². The maximum absolute atomic E-state index is 13.8. The number of benzene rings is 1. The van der Waals surface area contributed by atoms with E-state index >= 15 is 0 Å². The fourth-order valence-electron chi connectivity index (χ4n) is 3.07. The topological polar surface area (TPSA) is 73.5 Å². The maximum Gasteiger partial charge on any atom is 0.211 e. The predicted octanol–water partition coefficient (Wildman–Crippen LogP) is 4.23. The molecule has 0 amide bonds. The fraction of sp³-hybridized carbons (Fsp3) is 0.263. The van der Waals surface area contributed by atoms with Crippen molar-refractivity contribution in [2.45, 2.75) is 33.4 Å². The van der Waals surface area contributed by atoms with Gasteiger partial charge in [-0.1, -0.05) is 23.5 Å². The summed E-state index contributed by atoms with van der Waals surface area (Å²) in [4.78, 5) is 0. The van der Waals surface area contributed by atoms with Crippen LogP contribution in [-0.2, 0) is 6.54 Å². The molecule has 0 radical (unpaired) electrons. The second-order valence-electron chi connectivity index (χ2n) is 6.73. The van der Waals surface area contributed by atoms with Crippen LogP contribution in [0, 0.1) is 25.5 Å². The molecule has 150 valence electrons. The van der Waals surface area contributed by atoms with E-state index in [1.54, 1.807) is 12.3 Å². The van der Waals surface area contributed by atoms with E-state index in [-0.39, 0.29) is 18.2 Å². The largest absolute Gasteiger partial charge is 0.313 e. The molecule has 3 heterocycles. The fourth-order valence-corrected chi connectivity index (χ4v) is 3.86. The summed E-state index contributed by atoms with van der Waals surface area (Å²) < 4.78 is 30.6. The summed E-state index contributed by atoms with van der Waals surface area (Å²) in [5, 5.41) is 21.8. The molecule has 0 aliphatic carbocycles. The highest BCUT2D eigenvalue weighted by Gasteiger charge is 2.17. The van der Waals surface area contributed by atoms with E-state index in [2.05, 4.69) is 25.7 Å². The third-order valence-electron chi connectivity index (χ3n) is 4.45. The molecule has 1 aromatic carbocycles. The average Bonchev–Trinajstić information content (AvgIpc) is 3.40. The Bertz CT molecular complexity index is 1150. The van der Waals surface area contributed by atoms with Crippen LogP contribution in [0.5, 0.6) is 0 Å². The molecule has 0 saturated carbocycles. The van der Waals surface area contributed by atoms with Crippen molar-refractivity contribution >= 4 is 22.3 Å². The van der Waals surface area contributed by atoms with Gasteiger partial charge in [-0.3, -0.25) is 9.36 Å². The van der Waals surface area contributed by atoms with E-state index in [0.717, 1.165) is 22.5 Å². The minimum Gasteiger partial charge on any atom is -0.313 e. The molecule has 10 heteroatoms. The van der Waals surface area contributed by atoms with Crippen LogP contribution in [0.1, 0.15) is 34.9 Å². The molecular formula is C19H19F2N7S. The molecule has 1 atom stereocenters. The molecule has 0 aliphatic heterocycles. The minimum absolute atomic E-state index is 0.0368. The van der Waals surface area contributed by atoms with Gasteiger partial charge in [0.25, 0.3) is 0 Å². The number of hydrogen-bond donors (Lipinski definition) is 1. The van der Waals surface area contributed by atoms with Gasteiger partial charge in [-0.15, -0.1) is 10.2 Å². The molecule has 0 bridgehead atoms. The first-order valence-electron chi connectivity index (χ1n) is 9.00. The van der Waals surface area contributed by atoms with Gasteiger partial charge in [0.1, 0.15) is 11.0 Å². The first kappa shape index (κ1) is 19.2. The lowest BCUT2D eigenvalue weighted by molar-refractivity contribution is 0.492. The van der Waals surface area contributed by atoms with Crippen LogP contribution in [0.25, 0.3) is 0 Å². The standard InChI is InChI=1S/C19H19F2N7S/c1-11-9-12(2)28(25-11)13(3)18-23-24-19(29-18)22-16-7-8-27(26-16)10-14-5-4-6-15(20)17(14)21/h4-9,13H,10H2,1-3H3,(H,22,24,26). The van der Waals surface area contributed by atoms with Gasteiger partial charge >= 0.3 is 0 Å². The monoisotopic (exact) mass is 415 g/mol. The van der Waals surface area contributed by atoms with Crippen molar-refractivity contribution in [2.75, 3.05) is 5.32 Å². The van der Waals surface area contributed by atoms with Crippen LogP contribution in [-0.4, -0.2) is 29.8 Å². The number of hydrogen-bond acceptors (Lipinski definition) is 6. The molecule has 7 nitrogen and oxygen atoms in total. The summed E-state index contributed by atoms with van der Waals surface area (Å²) >= 11 is 1.41. The first-order chi connectivity index (χ1) is 13.9. The van der Waals surface area contributed by atoms with Crippen molar-refractivity contribution in [3.63, 3.8) is 0 Å². The third-order valence-corrected chi connectivity index (χ3v) is 5.46. The predicted molar refractivity (Wildman–Crippen MR) is 106 cm³/mol. The Kier molecular flexibility index (Phi) is 5.10. The minimum atomic E-state index is -0.869. The van der Waals surface area contributed by atoms with E-state index < -0.39 is 11.6 Å². The highest BCUT2D eigenvalue weighted by molar-refractivity contribution is 7.15. The number of nitrogens with one attached hydrogen (secondary N) is 1. The van der Waals surface area contributed by atoms with Gasteiger partial charge in [0.2, 0.25) is 5.13 Å². The van der Waals surface area contributed by atoms with E-state index in [4.69, 9.17) is 0 Å². The molecule has 29 heavy (non-hydrogen) atoms. The molecule has 1 N–H and O–H groups in total. The van der Waals surface area contributed by atoms with Gasteiger partial charge in [-0.05, 0) is 32.9 Å². The summed E-state index contributed by atoms with van der Waals surface area (Å²) in [6, 6.07) is 7.82. The average molecular weight is 415 g/mol. The van der Waals surface area contributed by atoms with E-state index in [0.29, 0.717) is 10.9 Å². The van der Waals surface area contributed by atoms with Crippen LogP contribution in [0.2, 0.25) is 0 Å². The molecule has 0 fully saturated rings. The molecule has 4 aromatic rings. The van der Waals surface area contributed by atoms with Gasteiger partial charge in [0, 0.05) is 23.5 Å². The normalized spacial score (nSPS) is 12.3. The number of rotatable bonds is 6. The number of halogens is 2. The molecule has 3 aromatic heterocycles. The molecule has 1 unspecified atom stereocenters. The molecule has 0 aliphatic rings. The number of anilines is 2. The van der Waals surface area contributed by atoms with Crippen LogP contribution in [0.3, 0.4) is 0 Å². The van der Waals surface area contributed by atoms with Gasteiger partial charge in [0.05, 0.1) is 12.2 Å². The number of aromatic nitrogens is 6. The van der Waals surface area contributed by atoms with Crippen molar-refractivity contribution in [3.05, 3.63) is 70.1 Å². The lowest BCUT2D eigenvalue weighted by atomic mass is 10.2. The van der Waals surface area contributed by atoms with Crippen molar-refractivity contribution in [1.82, 2.24) is 29.8 Å². The second kappa shape index (κ2) is 7.70. The van der Waals surface area contributed by atoms with Gasteiger partial charge < -0.3 is 5.32 Å². The van der Waals surface area contributed by atoms with Gasteiger partial charge in [-0.2, -0.15) is 10.2 Å². The van der Waals surface area contributed by atoms with Crippen molar-refractivity contribution in [1.29, 1.82) is 0 Å². The van der Waals surface area contributed by atoms with Crippen LogP contribution >= 0.6 is 11.3 Å². The Morgan fingerprint density at radius 2 is 1.97 bits per heavy atom. The maximum atomic E-state index is 13.8. The smallest absolute Gasteiger partial charge is 0.211 e. The summed E-state index contributed by atoms with van der Waals surface area (Å²) in [5.41, 5.74) is 2.25. The highest BCUT2D eigenvalue weighted by atomic mass is 32.1. The zero-order valence-corrected chi connectivity index (χ0v) is 16.9. The Morgan fingerprint density at radius 3 is 2.72 bits per heavy atom. The Balaban J connectivity index is 1.46. The van der Waals surface area contributed by atoms with E-state index in [1.807, 2.05) is 31.5 Å². The lowest BCUT2D eigenvalue weighted by Crippen LogP contribution is -2.10. The Labute approximate surface area is 170 Å². The zero-order valence-electron chi connectivity index (χ0n) is 16.1. The van der Waals surface area contributed by atoms with Crippen LogP contribution in [0.4, 0.5) is 19.7 Å². The second-order valence-corrected chi connectivity index (χ2v) is 7.74. The zero-order chi connectivity index (χ0) is 20.5. The van der Waals surface area contributed by atoms with Crippen molar-refractivity contribution in [2.24, 2.45) is 0 Å². The first-order valence-corrected chi connectivity index (χ1v) is 9.82. The Morgan fingerprint density at radius 1 is 1.14 bits per heavy atom. The third kappa shape index (κ3) is 4.02. The molecular weight excluding hydrogens is 396 g/mol.